The van der Waals surface area contributed by atoms with Crippen LogP contribution >= 0.6 is 23.4 Å². The van der Waals surface area contributed by atoms with Gasteiger partial charge in [-0.2, -0.15) is 0 Å². The Bertz CT molecular complexity index is 879. The topological polar surface area (TPSA) is 63.3 Å². The van der Waals surface area contributed by atoms with E-state index in [1.54, 1.807) is 11.8 Å². The molecule has 0 aliphatic carbocycles. The van der Waals surface area contributed by atoms with Crippen LogP contribution in [0.25, 0.3) is 0 Å². The number of thioether (sulfide) groups is 1. The van der Waals surface area contributed by atoms with Crippen LogP contribution < -0.4 is 5.73 Å². The highest BCUT2D eigenvalue weighted by Crippen LogP contribution is 2.46. The molecule has 0 saturated heterocycles. The number of benzene rings is 3. The number of carbonyl (C=O) groups is 1. The van der Waals surface area contributed by atoms with Crippen molar-refractivity contribution in [3.8, 4) is 0 Å². The Morgan fingerprint density at radius 3 is 2.04 bits per heavy atom. The van der Waals surface area contributed by atoms with Gasteiger partial charge in [0.2, 0.25) is 0 Å². The summed E-state index contributed by atoms with van der Waals surface area (Å²) in [5, 5.41) is 9.97. The summed E-state index contributed by atoms with van der Waals surface area (Å²) in [4.78, 5) is 11.3. The molecule has 1 atom stereocenters. The molecule has 0 heterocycles. The lowest BCUT2D eigenvalue weighted by Crippen LogP contribution is -2.36. The zero-order chi connectivity index (χ0) is 20.0. The van der Waals surface area contributed by atoms with Crippen LogP contribution in [-0.2, 0) is 16.0 Å². The van der Waals surface area contributed by atoms with Crippen LogP contribution in [0.4, 0.5) is 0 Å². The minimum absolute atomic E-state index is 0.291. The zero-order valence-corrected chi connectivity index (χ0v) is 16.9. The van der Waals surface area contributed by atoms with Gasteiger partial charge >= 0.3 is 5.97 Å². The zero-order valence-electron chi connectivity index (χ0n) is 15.3. The maximum absolute atomic E-state index is 11.3. The van der Waals surface area contributed by atoms with E-state index in [9.17, 15) is 9.90 Å². The van der Waals surface area contributed by atoms with Gasteiger partial charge in [-0.25, -0.2) is 0 Å². The molecule has 0 bridgehead atoms. The van der Waals surface area contributed by atoms with E-state index in [-0.39, 0.29) is 0 Å². The average Bonchev–Trinajstić information content (AvgIpc) is 2.72. The van der Waals surface area contributed by atoms with E-state index in [1.165, 1.54) is 0 Å². The van der Waals surface area contributed by atoms with Crippen molar-refractivity contribution in [1.29, 1.82) is 0 Å². The van der Waals surface area contributed by atoms with Crippen molar-refractivity contribution >= 4 is 29.3 Å². The molecule has 0 unspecified atom stereocenters. The average molecular weight is 412 g/mol. The molecule has 0 fully saturated rings. The number of aliphatic carboxylic acids is 1. The lowest BCUT2D eigenvalue weighted by molar-refractivity contribution is -0.137. The Kier molecular flexibility index (Phi) is 6.79. The molecule has 3 rings (SSSR count). The first-order valence-electron chi connectivity index (χ1n) is 8.99. The Morgan fingerprint density at radius 1 is 0.964 bits per heavy atom. The third kappa shape index (κ3) is 4.76. The van der Waals surface area contributed by atoms with Gasteiger partial charge in [-0.3, -0.25) is 4.79 Å². The third-order valence-electron chi connectivity index (χ3n) is 4.65. The Labute approximate surface area is 174 Å². The number of hydrogen-bond acceptors (Lipinski definition) is 3. The number of nitrogens with two attached hydrogens (primary N) is 1. The van der Waals surface area contributed by atoms with Crippen molar-refractivity contribution < 1.29 is 9.90 Å². The van der Waals surface area contributed by atoms with E-state index in [0.29, 0.717) is 17.2 Å². The minimum Gasteiger partial charge on any atom is -0.480 e. The fourth-order valence-corrected chi connectivity index (χ4v) is 4.93. The second kappa shape index (κ2) is 9.28. The number of halogens is 1. The van der Waals surface area contributed by atoms with Gasteiger partial charge in [-0.15, -0.1) is 11.8 Å². The quantitative estimate of drug-likeness (QED) is 0.549. The third-order valence-corrected chi connectivity index (χ3v) is 6.52. The summed E-state index contributed by atoms with van der Waals surface area (Å²) in [6, 6.07) is 27.1. The van der Waals surface area contributed by atoms with E-state index in [4.69, 9.17) is 17.3 Å². The first kappa shape index (κ1) is 20.5. The molecule has 0 amide bonds. The summed E-state index contributed by atoms with van der Waals surface area (Å²) in [5.41, 5.74) is 9.14. The van der Waals surface area contributed by atoms with E-state index in [1.807, 2.05) is 60.7 Å². The molecule has 3 aromatic rings. The van der Waals surface area contributed by atoms with Gasteiger partial charge < -0.3 is 10.8 Å². The van der Waals surface area contributed by atoms with E-state index >= 15 is 0 Å². The van der Waals surface area contributed by atoms with Gasteiger partial charge in [0.1, 0.15) is 6.04 Å². The van der Waals surface area contributed by atoms with Crippen molar-refractivity contribution in [3.05, 3.63) is 107 Å². The monoisotopic (exact) mass is 411 g/mol. The summed E-state index contributed by atoms with van der Waals surface area (Å²) in [7, 11) is 0. The molecule has 3 nitrogen and oxygen atoms in total. The van der Waals surface area contributed by atoms with Gasteiger partial charge in [-0.05, 0) is 35.2 Å². The van der Waals surface area contributed by atoms with Crippen molar-refractivity contribution in [2.75, 3.05) is 5.75 Å². The molecule has 3 N–H and O–H groups in total. The second-order valence-corrected chi connectivity index (χ2v) is 8.38. The maximum Gasteiger partial charge on any atom is 0.321 e. The molecule has 28 heavy (non-hydrogen) atoms. The molecule has 0 spiro atoms. The highest BCUT2D eigenvalue weighted by molar-refractivity contribution is 8.00. The molecule has 0 aromatic heterocycles. The summed E-state index contributed by atoms with van der Waals surface area (Å²) >= 11 is 7.79. The highest BCUT2D eigenvalue weighted by atomic mass is 35.5. The predicted octanol–water partition coefficient (Wildman–Crippen LogP) is 4.97. The first-order valence-corrected chi connectivity index (χ1v) is 10.4. The van der Waals surface area contributed by atoms with Gasteiger partial charge in [0, 0.05) is 10.8 Å². The van der Waals surface area contributed by atoms with Crippen molar-refractivity contribution in [2.24, 2.45) is 5.73 Å². The standard InChI is InChI=1S/C23H22ClNO2S/c24-20-13-7-8-17(14-20)15-23(18-9-3-1-4-10-18,19-11-5-2-6-12-19)28-16-21(25)22(26)27/h1-14,21H,15-16,25H2,(H,26,27)/t21-/m0/s1. The SMILES string of the molecule is N[C@@H](CSC(Cc1cccc(Cl)c1)(c1ccccc1)c1ccccc1)C(=O)O. The number of rotatable bonds is 8. The summed E-state index contributed by atoms with van der Waals surface area (Å²) < 4.78 is -0.486. The molecule has 0 saturated carbocycles. The van der Waals surface area contributed by atoms with Gasteiger partial charge in [0.05, 0.1) is 4.75 Å². The lowest BCUT2D eigenvalue weighted by atomic mass is 9.85. The summed E-state index contributed by atoms with van der Waals surface area (Å²) in [6.45, 7) is 0. The molecular formula is C23H22ClNO2S. The van der Waals surface area contributed by atoms with Crippen LogP contribution in [0.2, 0.25) is 5.02 Å². The number of carboxylic acid groups (broad SMARTS) is 1. The fraction of sp³-hybridized carbons (Fsp3) is 0.174. The Hall–Kier alpha value is -2.27. The smallest absolute Gasteiger partial charge is 0.321 e. The van der Waals surface area contributed by atoms with Gasteiger partial charge in [0.15, 0.2) is 0 Å². The van der Waals surface area contributed by atoms with Crippen molar-refractivity contribution in [2.45, 2.75) is 17.2 Å². The molecule has 144 valence electrons. The van der Waals surface area contributed by atoms with Crippen LogP contribution in [0.15, 0.2) is 84.9 Å². The van der Waals surface area contributed by atoms with Crippen molar-refractivity contribution in [1.82, 2.24) is 0 Å². The van der Waals surface area contributed by atoms with Crippen LogP contribution in [0, 0.1) is 0 Å². The Balaban J connectivity index is 2.12. The summed E-state index contributed by atoms with van der Waals surface area (Å²) in [5.74, 6) is -0.704. The van der Waals surface area contributed by atoms with Crippen LogP contribution in [-0.4, -0.2) is 22.9 Å². The van der Waals surface area contributed by atoms with Gasteiger partial charge in [0.25, 0.3) is 0 Å². The van der Waals surface area contributed by atoms with Crippen LogP contribution in [0.5, 0.6) is 0 Å². The highest BCUT2D eigenvalue weighted by Gasteiger charge is 2.36. The van der Waals surface area contributed by atoms with Crippen molar-refractivity contribution in [3.63, 3.8) is 0 Å². The predicted molar refractivity (Wildman–Crippen MR) is 117 cm³/mol. The second-order valence-electron chi connectivity index (χ2n) is 6.62. The molecular weight excluding hydrogens is 390 g/mol. The maximum atomic E-state index is 11.3. The summed E-state index contributed by atoms with van der Waals surface area (Å²) in [6.07, 6.45) is 0.665. The number of carboxylic acids is 1. The molecule has 0 radical (unpaired) electrons. The van der Waals surface area contributed by atoms with Crippen LogP contribution in [0.1, 0.15) is 16.7 Å². The Morgan fingerprint density at radius 2 is 1.54 bits per heavy atom. The van der Waals surface area contributed by atoms with Crippen LogP contribution in [0.3, 0.4) is 0 Å². The van der Waals surface area contributed by atoms with E-state index in [0.717, 1.165) is 16.7 Å². The largest absolute Gasteiger partial charge is 0.480 e. The normalized spacial score (nSPS) is 12.5. The first-order chi connectivity index (χ1) is 13.5. The number of hydrogen-bond donors (Lipinski definition) is 2. The molecule has 0 aliphatic rings. The molecule has 0 aliphatic heterocycles. The minimum atomic E-state index is -0.995. The fourth-order valence-electron chi connectivity index (χ4n) is 3.24. The van der Waals surface area contributed by atoms with E-state index in [2.05, 4.69) is 24.3 Å². The van der Waals surface area contributed by atoms with E-state index < -0.39 is 16.8 Å². The lowest BCUT2D eigenvalue weighted by Gasteiger charge is -2.35. The van der Waals surface area contributed by atoms with Gasteiger partial charge in [-0.1, -0.05) is 84.4 Å². The molecule has 3 aromatic carbocycles. The molecule has 5 heteroatoms.